The zero-order chi connectivity index (χ0) is 25.5. The minimum Gasteiger partial charge on any atom is -0.505 e. The van der Waals surface area contributed by atoms with Crippen LogP contribution in [0, 0.1) is 0 Å². The minimum absolute atomic E-state index is 0.149. The number of hydrogen-bond acceptors (Lipinski definition) is 7. The zero-order valence-corrected chi connectivity index (χ0v) is 21.4. The molecule has 9 heteroatoms. The molecule has 4 N–H and O–H groups in total. The number of phenolic OH excluding ortho intramolecular Hbond substituents is 1. The molecule has 0 bridgehead atoms. The molecule has 0 radical (unpaired) electrons. The third kappa shape index (κ3) is 4.82. The standard InChI is InChI=1S/C28H25Cl2N5O2/c29-22-10-17(11-23(30)28(22)37)16-3-5-24-20(9-16)27(21(14-36)26(35-24)15-1-2-15)34-18-4-6-25(32-13-18)33-19-7-8-31-12-19/h3-6,9-11,13-15,19,31,37H,1-2,7-8,12H2,(H,32,33)(H,34,35). The van der Waals surface area contributed by atoms with Gasteiger partial charge in [0, 0.05) is 23.9 Å². The van der Waals surface area contributed by atoms with E-state index in [1.54, 1.807) is 18.3 Å². The fraction of sp³-hybridized carbons (Fsp3) is 0.250. The molecule has 2 fully saturated rings. The molecule has 1 unspecified atom stereocenters. The first-order valence-corrected chi connectivity index (χ1v) is 13.1. The maximum atomic E-state index is 12.4. The van der Waals surface area contributed by atoms with E-state index in [4.69, 9.17) is 28.2 Å². The predicted molar refractivity (Wildman–Crippen MR) is 149 cm³/mol. The number of hydrogen-bond donors (Lipinski definition) is 4. The van der Waals surface area contributed by atoms with Crippen LogP contribution >= 0.6 is 23.2 Å². The highest BCUT2D eigenvalue weighted by Crippen LogP contribution is 2.45. The lowest BCUT2D eigenvalue weighted by Crippen LogP contribution is -2.22. The molecule has 188 valence electrons. The quantitative estimate of drug-likeness (QED) is 0.201. The fourth-order valence-electron chi connectivity index (χ4n) is 4.82. The molecule has 2 aromatic carbocycles. The highest BCUT2D eigenvalue weighted by molar-refractivity contribution is 6.37. The molecule has 0 spiro atoms. The van der Waals surface area contributed by atoms with Crippen molar-refractivity contribution in [3.63, 3.8) is 0 Å². The summed E-state index contributed by atoms with van der Waals surface area (Å²) in [7, 11) is 0. The van der Waals surface area contributed by atoms with Gasteiger partial charge in [-0.1, -0.05) is 29.3 Å². The third-order valence-electron chi connectivity index (χ3n) is 6.93. The average Bonchev–Trinajstić information content (AvgIpc) is 3.63. The Morgan fingerprint density at radius 1 is 1.03 bits per heavy atom. The first-order valence-electron chi connectivity index (χ1n) is 12.3. The number of aldehydes is 1. The van der Waals surface area contributed by atoms with Crippen LogP contribution in [0.2, 0.25) is 10.0 Å². The third-order valence-corrected chi connectivity index (χ3v) is 7.51. The van der Waals surface area contributed by atoms with Crippen molar-refractivity contribution >= 4 is 57.6 Å². The van der Waals surface area contributed by atoms with Crippen LogP contribution in [0.15, 0.2) is 48.7 Å². The molecule has 2 aromatic heterocycles. The zero-order valence-electron chi connectivity index (χ0n) is 19.9. The summed E-state index contributed by atoms with van der Waals surface area (Å²) < 4.78 is 0. The van der Waals surface area contributed by atoms with Gasteiger partial charge in [-0.25, -0.2) is 4.98 Å². The van der Waals surface area contributed by atoms with Gasteiger partial charge in [-0.15, -0.1) is 0 Å². The SMILES string of the molecule is O=Cc1c(C2CC2)nc2ccc(-c3cc(Cl)c(O)c(Cl)c3)cc2c1Nc1ccc(NC2CCNC2)nc1. The summed E-state index contributed by atoms with van der Waals surface area (Å²) in [5.41, 5.74) is 5.23. The monoisotopic (exact) mass is 533 g/mol. The molecule has 4 aromatic rings. The van der Waals surface area contributed by atoms with E-state index in [1.165, 1.54) is 0 Å². The highest BCUT2D eigenvalue weighted by atomic mass is 35.5. The van der Waals surface area contributed by atoms with Crippen molar-refractivity contribution in [2.45, 2.75) is 31.2 Å². The Hall–Kier alpha value is -3.39. The van der Waals surface area contributed by atoms with E-state index in [0.717, 1.165) is 77.9 Å². The fourth-order valence-corrected chi connectivity index (χ4v) is 5.30. The van der Waals surface area contributed by atoms with Crippen molar-refractivity contribution in [3.8, 4) is 16.9 Å². The summed E-state index contributed by atoms with van der Waals surface area (Å²) in [4.78, 5) is 21.8. The van der Waals surface area contributed by atoms with E-state index in [1.807, 2.05) is 30.3 Å². The van der Waals surface area contributed by atoms with Gasteiger partial charge in [0.25, 0.3) is 0 Å². The van der Waals surface area contributed by atoms with Gasteiger partial charge >= 0.3 is 0 Å². The van der Waals surface area contributed by atoms with E-state index in [-0.39, 0.29) is 15.8 Å². The van der Waals surface area contributed by atoms with Crippen LogP contribution in [0.4, 0.5) is 17.2 Å². The van der Waals surface area contributed by atoms with Crippen LogP contribution in [-0.4, -0.2) is 40.5 Å². The maximum Gasteiger partial charge on any atom is 0.154 e. The number of phenols is 1. The summed E-state index contributed by atoms with van der Waals surface area (Å²) in [5, 5.41) is 21.4. The molecule has 2 aliphatic rings. The number of carbonyl (C=O) groups is 1. The van der Waals surface area contributed by atoms with Crippen LogP contribution in [0.25, 0.3) is 22.0 Å². The minimum atomic E-state index is -0.149. The van der Waals surface area contributed by atoms with Gasteiger partial charge in [0.15, 0.2) is 12.0 Å². The smallest absolute Gasteiger partial charge is 0.154 e. The topological polar surface area (TPSA) is 99.2 Å². The van der Waals surface area contributed by atoms with Gasteiger partial charge in [-0.3, -0.25) is 9.78 Å². The van der Waals surface area contributed by atoms with Crippen molar-refractivity contribution in [3.05, 3.63) is 70.0 Å². The first kappa shape index (κ1) is 24.0. The maximum absolute atomic E-state index is 12.4. The van der Waals surface area contributed by atoms with Gasteiger partial charge in [0.2, 0.25) is 0 Å². The van der Waals surface area contributed by atoms with Gasteiger partial charge in [-0.2, -0.15) is 0 Å². The van der Waals surface area contributed by atoms with Crippen LogP contribution in [-0.2, 0) is 0 Å². The number of rotatable bonds is 7. The Morgan fingerprint density at radius 2 is 1.84 bits per heavy atom. The molecular formula is C28H25Cl2N5O2. The normalized spacial score (nSPS) is 17.2. The van der Waals surface area contributed by atoms with Crippen molar-refractivity contribution in [2.24, 2.45) is 0 Å². The van der Waals surface area contributed by atoms with E-state index >= 15 is 0 Å². The predicted octanol–water partition coefficient (Wildman–Crippen LogP) is 6.52. The molecule has 0 amide bonds. The molecule has 1 aliphatic carbocycles. The van der Waals surface area contributed by atoms with Crippen molar-refractivity contribution in [1.82, 2.24) is 15.3 Å². The molecule has 3 heterocycles. The lowest BCUT2D eigenvalue weighted by atomic mass is 9.99. The largest absolute Gasteiger partial charge is 0.505 e. The Bertz CT molecular complexity index is 1480. The Kier molecular flexibility index (Phi) is 6.36. The van der Waals surface area contributed by atoms with E-state index in [0.29, 0.717) is 23.2 Å². The number of anilines is 3. The van der Waals surface area contributed by atoms with E-state index in [2.05, 4.69) is 20.9 Å². The number of fused-ring (bicyclic) bond motifs is 1. The lowest BCUT2D eigenvalue weighted by Gasteiger charge is -2.17. The molecule has 1 saturated carbocycles. The van der Waals surface area contributed by atoms with Crippen LogP contribution < -0.4 is 16.0 Å². The number of carbonyl (C=O) groups excluding carboxylic acids is 1. The van der Waals surface area contributed by atoms with Gasteiger partial charge < -0.3 is 21.1 Å². The number of nitrogens with zero attached hydrogens (tertiary/aromatic N) is 2. The molecule has 7 nitrogen and oxygen atoms in total. The molecule has 1 saturated heterocycles. The van der Waals surface area contributed by atoms with E-state index < -0.39 is 0 Å². The Labute approximate surface area is 224 Å². The Morgan fingerprint density at radius 3 is 2.49 bits per heavy atom. The highest BCUT2D eigenvalue weighted by Gasteiger charge is 2.30. The number of nitrogens with one attached hydrogen (secondary N) is 3. The summed E-state index contributed by atoms with van der Waals surface area (Å²) in [6.45, 7) is 1.94. The van der Waals surface area contributed by atoms with Crippen molar-refractivity contribution < 1.29 is 9.90 Å². The molecule has 1 aliphatic heterocycles. The summed E-state index contributed by atoms with van der Waals surface area (Å²) in [6.07, 6.45) is 5.78. The Balaban J connectivity index is 1.42. The first-order chi connectivity index (χ1) is 18.0. The second kappa shape index (κ2) is 9.82. The molecule has 6 rings (SSSR count). The average molecular weight is 534 g/mol. The molecule has 1 atom stereocenters. The van der Waals surface area contributed by atoms with E-state index in [9.17, 15) is 9.90 Å². The van der Waals surface area contributed by atoms with Gasteiger partial charge in [0.1, 0.15) is 5.82 Å². The van der Waals surface area contributed by atoms with Crippen molar-refractivity contribution in [1.29, 1.82) is 0 Å². The van der Waals surface area contributed by atoms with Crippen LogP contribution in [0.5, 0.6) is 5.75 Å². The summed E-state index contributed by atoms with van der Waals surface area (Å²) in [6, 6.07) is 13.4. The van der Waals surface area contributed by atoms with Crippen LogP contribution in [0.3, 0.4) is 0 Å². The number of halogens is 2. The second-order valence-electron chi connectivity index (χ2n) is 9.59. The van der Waals surface area contributed by atoms with Crippen LogP contribution in [0.1, 0.15) is 41.2 Å². The second-order valence-corrected chi connectivity index (χ2v) is 10.4. The number of pyridine rings is 2. The van der Waals surface area contributed by atoms with Gasteiger partial charge in [0.05, 0.1) is 44.4 Å². The van der Waals surface area contributed by atoms with Gasteiger partial charge in [-0.05, 0) is 73.3 Å². The number of aromatic nitrogens is 2. The lowest BCUT2D eigenvalue weighted by molar-refractivity contribution is 0.112. The molecule has 37 heavy (non-hydrogen) atoms. The molecular weight excluding hydrogens is 509 g/mol. The number of benzene rings is 2. The number of aromatic hydroxyl groups is 1. The summed E-state index contributed by atoms with van der Waals surface area (Å²) >= 11 is 12.4. The summed E-state index contributed by atoms with van der Waals surface area (Å²) in [5.74, 6) is 0.963. The van der Waals surface area contributed by atoms with Crippen molar-refractivity contribution in [2.75, 3.05) is 23.7 Å².